The standard InChI is InChI=1S/C22H19N3O4/c1-2-29-19-11-14(9-10-18(19)26)12-23-24-20(27)13-25-17-8-4-6-15-5-3-7-16(21(15)17)22(25)28/h3-12,26H,2,13H2,1H3,(H,24,27)/b23-12+. The predicted molar refractivity (Wildman–Crippen MR) is 111 cm³/mol. The molecule has 0 saturated carbocycles. The summed E-state index contributed by atoms with van der Waals surface area (Å²) in [6.07, 6.45) is 1.45. The van der Waals surface area contributed by atoms with Crippen LogP contribution in [0.25, 0.3) is 10.8 Å². The fourth-order valence-electron chi connectivity index (χ4n) is 3.38. The molecular weight excluding hydrogens is 370 g/mol. The summed E-state index contributed by atoms with van der Waals surface area (Å²) < 4.78 is 5.32. The second kappa shape index (κ2) is 7.63. The summed E-state index contributed by atoms with van der Waals surface area (Å²) in [5.74, 6) is -0.232. The van der Waals surface area contributed by atoms with Crippen LogP contribution >= 0.6 is 0 Å². The lowest BCUT2D eigenvalue weighted by molar-refractivity contribution is -0.119. The zero-order valence-corrected chi connectivity index (χ0v) is 15.8. The number of phenolic OH excluding ortho intramolecular Hbond substituents is 1. The smallest absolute Gasteiger partial charge is 0.260 e. The summed E-state index contributed by atoms with van der Waals surface area (Å²) in [4.78, 5) is 26.5. The molecular formula is C22H19N3O4. The predicted octanol–water partition coefficient (Wildman–Crippen LogP) is 3.05. The molecule has 1 heterocycles. The van der Waals surface area contributed by atoms with E-state index in [1.807, 2.05) is 37.3 Å². The van der Waals surface area contributed by atoms with E-state index < -0.39 is 5.91 Å². The van der Waals surface area contributed by atoms with Crippen molar-refractivity contribution in [2.45, 2.75) is 6.92 Å². The van der Waals surface area contributed by atoms with Gasteiger partial charge >= 0.3 is 0 Å². The molecule has 29 heavy (non-hydrogen) atoms. The van der Waals surface area contributed by atoms with E-state index in [1.165, 1.54) is 17.2 Å². The van der Waals surface area contributed by atoms with Gasteiger partial charge in [-0.25, -0.2) is 5.43 Å². The highest BCUT2D eigenvalue weighted by molar-refractivity contribution is 6.26. The number of benzene rings is 3. The minimum atomic E-state index is -0.414. The average molecular weight is 389 g/mol. The number of nitrogens with zero attached hydrogens (tertiary/aromatic N) is 2. The van der Waals surface area contributed by atoms with Gasteiger partial charge in [0.15, 0.2) is 11.5 Å². The van der Waals surface area contributed by atoms with Crippen LogP contribution in [0.4, 0.5) is 5.69 Å². The number of ether oxygens (including phenoxy) is 1. The first kappa shape index (κ1) is 18.5. The number of rotatable bonds is 6. The number of nitrogens with one attached hydrogen (secondary N) is 1. The second-order valence-electron chi connectivity index (χ2n) is 6.53. The van der Waals surface area contributed by atoms with Gasteiger partial charge < -0.3 is 9.84 Å². The lowest BCUT2D eigenvalue weighted by Gasteiger charge is -2.16. The molecule has 0 unspecified atom stereocenters. The summed E-state index contributed by atoms with van der Waals surface area (Å²) in [7, 11) is 0. The third-order valence-corrected chi connectivity index (χ3v) is 4.64. The molecule has 0 aliphatic carbocycles. The quantitative estimate of drug-likeness (QED) is 0.501. The van der Waals surface area contributed by atoms with Crippen molar-refractivity contribution >= 4 is 34.5 Å². The number of carbonyl (C=O) groups is 2. The van der Waals surface area contributed by atoms with Crippen molar-refractivity contribution < 1.29 is 19.4 Å². The third kappa shape index (κ3) is 3.50. The van der Waals surface area contributed by atoms with Gasteiger partial charge in [0.05, 0.1) is 18.5 Å². The Hall–Kier alpha value is -3.87. The largest absolute Gasteiger partial charge is 0.504 e. The molecule has 0 bridgehead atoms. The van der Waals surface area contributed by atoms with E-state index in [0.717, 1.165) is 16.5 Å². The number of hydrazone groups is 1. The van der Waals surface area contributed by atoms with Crippen LogP contribution in [0.3, 0.4) is 0 Å². The van der Waals surface area contributed by atoms with Gasteiger partial charge in [-0.1, -0.05) is 24.3 Å². The fraction of sp³-hybridized carbons (Fsp3) is 0.136. The van der Waals surface area contributed by atoms with E-state index in [2.05, 4.69) is 10.5 Å². The van der Waals surface area contributed by atoms with Crippen LogP contribution in [0.15, 0.2) is 59.7 Å². The molecule has 4 rings (SSSR count). The normalized spacial score (nSPS) is 12.7. The van der Waals surface area contributed by atoms with E-state index in [0.29, 0.717) is 23.5 Å². The van der Waals surface area contributed by atoms with Gasteiger partial charge in [0.2, 0.25) is 0 Å². The molecule has 0 fully saturated rings. The Morgan fingerprint density at radius 2 is 2.00 bits per heavy atom. The molecule has 0 radical (unpaired) electrons. The summed E-state index contributed by atoms with van der Waals surface area (Å²) in [5, 5.41) is 15.5. The maximum Gasteiger partial charge on any atom is 0.260 e. The van der Waals surface area contributed by atoms with Crippen molar-refractivity contribution in [3.8, 4) is 11.5 Å². The van der Waals surface area contributed by atoms with Crippen molar-refractivity contribution in [1.29, 1.82) is 0 Å². The first-order valence-corrected chi connectivity index (χ1v) is 9.20. The molecule has 3 aromatic rings. The zero-order chi connectivity index (χ0) is 20.4. The maximum atomic E-state index is 12.7. The molecule has 0 saturated heterocycles. The summed E-state index contributed by atoms with van der Waals surface area (Å²) in [6, 6.07) is 15.9. The first-order chi connectivity index (χ1) is 14.1. The Kier molecular flexibility index (Phi) is 4.87. The van der Waals surface area contributed by atoms with E-state index in [4.69, 9.17) is 4.74 Å². The highest BCUT2D eigenvalue weighted by atomic mass is 16.5. The molecule has 7 nitrogen and oxygen atoms in total. The van der Waals surface area contributed by atoms with Gasteiger partial charge in [-0.2, -0.15) is 5.10 Å². The van der Waals surface area contributed by atoms with Crippen LogP contribution in [0.2, 0.25) is 0 Å². The Morgan fingerprint density at radius 1 is 1.21 bits per heavy atom. The van der Waals surface area contributed by atoms with Crippen molar-refractivity contribution in [3.05, 3.63) is 65.7 Å². The number of anilines is 1. The molecule has 7 heteroatoms. The lowest BCUT2D eigenvalue weighted by Crippen LogP contribution is -2.37. The number of carbonyl (C=O) groups excluding carboxylic acids is 2. The number of aromatic hydroxyl groups is 1. The lowest BCUT2D eigenvalue weighted by atomic mass is 10.1. The van der Waals surface area contributed by atoms with E-state index in [-0.39, 0.29) is 18.2 Å². The van der Waals surface area contributed by atoms with Gasteiger partial charge in [-0.15, -0.1) is 0 Å². The van der Waals surface area contributed by atoms with Crippen LogP contribution < -0.4 is 15.1 Å². The van der Waals surface area contributed by atoms with Gasteiger partial charge in [0.25, 0.3) is 11.8 Å². The van der Waals surface area contributed by atoms with Crippen molar-refractivity contribution in [1.82, 2.24) is 5.43 Å². The van der Waals surface area contributed by atoms with Crippen LogP contribution in [-0.4, -0.2) is 36.3 Å². The first-order valence-electron chi connectivity index (χ1n) is 9.20. The number of hydrogen-bond acceptors (Lipinski definition) is 5. The molecule has 0 spiro atoms. The van der Waals surface area contributed by atoms with Crippen molar-refractivity contribution in [3.63, 3.8) is 0 Å². The maximum absolute atomic E-state index is 12.7. The molecule has 146 valence electrons. The Bertz CT molecular complexity index is 1130. The monoisotopic (exact) mass is 389 g/mol. The second-order valence-corrected chi connectivity index (χ2v) is 6.53. The molecule has 1 aliphatic rings. The van der Waals surface area contributed by atoms with E-state index in [1.54, 1.807) is 18.2 Å². The molecule has 0 aromatic heterocycles. The van der Waals surface area contributed by atoms with Crippen LogP contribution in [-0.2, 0) is 4.79 Å². The number of amides is 2. The van der Waals surface area contributed by atoms with Gasteiger partial charge in [-0.3, -0.25) is 14.5 Å². The Morgan fingerprint density at radius 3 is 2.79 bits per heavy atom. The Balaban J connectivity index is 1.45. The van der Waals surface area contributed by atoms with Crippen molar-refractivity contribution in [2.75, 3.05) is 18.1 Å². The summed E-state index contributed by atoms with van der Waals surface area (Å²) in [6.45, 7) is 2.10. The number of phenols is 1. The van der Waals surface area contributed by atoms with E-state index >= 15 is 0 Å². The summed E-state index contributed by atoms with van der Waals surface area (Å²) >= 11 is 0. The molecule has 1 aliphatic heterocycles. The minimum absolute atomic E-state index is 0.0364. The summed E-state index contributed by atoms with van der Waals surface area (Å²) in [5.41, 5.74) is 4.41. The van der Waals surface area contributed by atoms with Gasteiger partial charge in [0.1, 0.15) is 6.54 Å². The van der Waals surface area contributed by atoms with E-state index in [9.17, 15) is 14.7 Å². The molecule has 3 aromatic carbocycles. The van der Waals surface area contributed by atoms with Crippen LogP contribution in [0.5, 0.6) is 11.5 Å². The molecule has 2 N–H and O–H groups in total. The molecule has 2 amide bonds. The van der Waals surface area contributed by atoms with Crippen LogP contribution in [0, 0.1) is 0 Å². The minimum Gasteiger partial charge on any atom is -0.504 e. The van der Waals surface area contributed by atoms with Crippen LogP contribution in [0.1, 0.15) is 22.8 Å². The molecule has 0 atom stereocenters. The topological polar surface area (TPSA) is 91.2 Å². The third-order valence-electron chi connectivity index (χ3n) is 4.64. The highest BCUT2D eigenvalue weighted by Crippen LogP contribution is 2.36. The average Bonchev–Trinajstić information content (AvgIpc) is 2.99. The van der Waals surface area contributed by atoms with Gasteiger partial charge in [-0.05, 0) is 48.2 Å². The highest BCUT2D eigenvalue weighted by Gasteiger charge is 2.30. The Labute approximate surface area is 167 Å². The fourth-order valence-corrected chi connectivity index (χ4v) is 3.38. The zero-order valence-electron chi connectivity index (χ0n) is 15.8. The van der Waals surface area contributed by atoms with Crippen molar-refractivity contribution in [2.24, 2.45) is 5.10 Å². The van der Waals surface area contributed by atoms with Gasteiger partial charge in [0, 0.05) is 10.9 Å². The number of hydrogen-bond donors (Lipinski definition) is 2. The SMILES string of the molecule is CCOc1cc(/C=N/NC(=O)CN2C(=O)c3cccc4cccc2c34)ccc1O.